The molecule has 0 bridgehead atoms. The highest BCUT2D eigenvalue weighted by Gasteiger charge is 2.32. The lowest BCUT2D eigenvalue weighted by atomic mass is 9.76. The Hall–Kier alpha value is -4.84. The average molecular weight is 753 g/mol. The monoisotopic (exact) mass is 752 g/mol. The van der Waals surface area contributed by atoms with E-state index in [2.05, 4.69) is 13.8 Å². The van der Waals surface area contributed by atoms with Crippen LogP contribution in [0.2, 0.25) is 0 Å². The summed E-state index contributed by atoms with van der Waals surface area (Å²) in [6.07, 6.45) is 19.2. The summed E-state index contributed by atoms with van der Waals surface area (Å²) >= 11 is 0. The minimum Gasteiger partial charge on any atom is -0.423 e. The molecule has 56 heavy (non-hydrogen) atoms. The first-order valence-electron chi connectivity index (χ1n) is 21.3. The Balaban J connectivity index is 1.01. The van der Waals surface area contributed by atoms with Crippen LogP contribution in [0.1, 0.15) is 192 Å². The van der Waals surface area contributed by atoms with Crippen LogP contribution in [-0.4, -0.2) is 23.5 Å². The van der Waals surface area contributed by atoms with E-state index in [1.807, 2.05) is 48.5 Å². The number of hydrogen-bond acceptors (Lipinski definition) is 6. The lowest BCUT2D eigenvalue weighted by Crippen LogP contribution is -2.22. The molecular formula is C50H56O6. The molecule has 0 unspecified atom stereocenters. The number of benzene rings is 4. The third-order valence-electron chi connectivity index (χ3n) is 12.7. The highest BCUT2D eigenvalue weighted by Crippen LogP contribution is 2.41. The molecule has 7 rings (SSSR count). The molecule has 3 aliphatic rings. The largest absolute Gasteiger partial charge is 0.423 e. The number of ketones is 2. The summed E-state index contributed by atoms with van der Waals surface area (Å²) in [5.41, 5.74) is 3.92. The Labute approximate surface area is 332 Å². The third kappa shape index (κ3) is 8.90. The number of esters is 2. The van der Waals surface area contributed by atoms with E-state index in [9.17, 15) is 19.2 Å². The Morgan fingerprint density at radius 1 is 0.500 bits per heavy atom. The molecule has 6 nitrogen and oxygen atoms in total. The van der Waals surface area contributed by atoms with Gasteiger partial charge in [-0.1, -0.05) is 102 Å². The first-order chi connectivity index (χ1) is 27.3. The Morgan fingerprint density at radius 2 is 0.893 bits per heavy atom. The van der Waals surface area contributed by atoms with E-state index in [1.54, 1.807) is 24.3 Å². The van der Waals surface area contributed by atoms with Crippen molar-refractivity contribution in [1.29, 1.82) is 0 Å². The smallest absolute Gasteiger partial charge is 0.343 e. The first-order valence-corrected chi connectivity index (χ1v) is 21.3. The molecule has 0 amide bonds. The van der Waals surface area contributed by atoms with Crippen LogP contribution in [-0.2, 0) is 0 Å². The minimum atomic E-state index is -0.469. The van der Waals surface area contributed by atoms with Gasteiger partial charge in [0.2, 0.25) is 0 Å². The van der Waals surface area contributed by atoms with Crippen molar-refractivity contribution in [1.82, 2.24) is 0 Å². The standard InChI is InChI=1S/C50H56O6/c1-3-5-7-13-33-19-23-35(24-20-33)39-15-9-11-17-43(39)49(53)55-37-27-29-41-45(31-37)47(51)42-30-28-38(32-46(42)48(41)52)56-50(54)44-18-12-10-16-40(44)36-25-21-34(22-26-36)14-8-6-4-2/h9-12,15-18,27-36H,3-8,13-14,19-26H2,1-2H3. The van der Waals surface area contributed by atoms with Crippen molar-refractivity contribution in [3.8, 4) is 11.5 Å². The highest BCUT2D eigenvalue weighted by atomic mass is 16.5. The van der Waals surface area contributed by atoms with Crippen LogP contribution in [0.15, 0.2) is 84.9 Å². The number of rotatable bonds is 14. The average Bonchev–Trinajstić information content (AvgIpc) is 3.23. The summed E-state index contributed by atoms with van der Waals surface area (Å²) in [6.45, 7) is 4.48. The van der Waals surface area contributed by atoms with Crippen molar-refractivity contribution in [2.45, 2.75) is 128 Å². The lowest BCUT2D eigenvalue weighted by Gasteiger charge is -2.29. The summed E-state index contributed by atoms with van der Waals surface area (Å²) in [7, 11) is 0. The van der Waals surface area contributed by atoms with Gasteiger partial charge in [0, 0.05) is 22.3 Å². The molecule has 4 aromatic rings. The van der Waals surface area contributed by atoms with Gasteiger partial charge in [0.1, 0.15) is 11.5 Å². The summed E-state index contributed by atoms with van der Waals surface area (Å²) in [5, 5.41) is 0. The molecule has 4 aromatic carbocycles. The predicted octanol–water partition coefficient (Wildman–Crippen LogP) is 12.6. The molecule has 0 heterocycles. The van der Waals surface area contributed by atoms with Gasteiger partial charge >= 0.3 is 11.9 Å². The molecule has 0 aliphatic heterocycles. The van der Waals surface area contributed by atoms with E-state index in [4.69, 9.17) is 9.47 Å². The second-order valence-corrected chi connectivity index (χ2v) is 16.5. The van der Waals surface area contributed by atoms with Gasteiger partial charge in [-0.2, -0.15) is 0 Å². The minimum absolute atomic E-state index is 0.182. The Morgan fingerprint density at radius 3 is 1.29 bits per heavy atom. The molecule has 0 radical (unpaired) electrons. The van der Waals surface area contributed by atoms with E-state index in [0.717, 1.165) is 48.6 Å². The van der Waals surface area contributed by atoms with E-state index < -0.39 is 11.9 Å². The van der Waals surface area contributed by atoms with Gasteiger partial charge in [-0.3, -0.25) is 9.59 Å². The molecule has 6 heteroatoms. The SMILES string of the molecule is CCCCCC1CCC(c2ccccc2C(=O)Oc2ccc3c(c2)C(=O)c2ccc(OC(=O)c4ccccc4C4CCC(CCCCC)CC4)cc2C3=O)CC1. The van der Waals surface area contributed by atoms with Crippen LogP contribution in [0, 0.1) is 11.8 Å². The molecule has 2 fully saturated rings. The first kappa shape index (κ1) is 39.4. The Kier molecular flexibility index (Phi) is 12.9. The second kappa shape index (κ2) is 18.4. The van der Waals surface area contributed by atoms with Crippen molar-refractivity contribution in [3.63, 3.8) is 0 Å². The van der Waals surface area contributed by atoms with Crippen LogP contribution in [0.4, 0.5) is 0 Å². The molecule has 3 aliphatic carbocycles. The second-order valence-electron chi connectivity index (χ2n) is 16.5. The van der Waals surface area contributed by atoms with Crippen molar-refractivity contribution < 1.29 is 28.7 Å². The number of ether oxygens (including phenoxy) is 2. The molecule has 0 spiro atoms. The van der Waals surface area contributed by atoms with E-state index in [1.165, 1.54) is 89.2 Å². The van der Waals surface area contributed by atoms with Gasteiger partial charge < -0.3 is 9.47 Å². The van der Waals surface area contributed by atoms with Crippen molar-refractivity contribution in [2.24, 2.45) is 11.8 Å². The number of carbonyl (C=O) groups is 4. The summed E-state index contributed by atoms with van der Waals surface area (Å²) in [6, 6.07) is 24.6. The molecule has 2 saturated carbocycles. The highest BCUT2D eigenvalue weighted by molar-refractivity contribution is 6.28. The lowest BCUT2D eigenvalue weighted by molar-refractivity contribution is 0.0722. The van der Waals surface area contributed by atoms with Gasteiger partial charge in [0.15, 0.2) is 11.6 Å². The van der Waals surface area contributed by atoms with Crippen molar-refractivity contribution in [3.05, 3.63) is 129 Å². The fraction of sp³-hybridized carbons (Fsp3) is 0.440. The van der Waals surface area contributed by atoms with Gasteiger partial charge in [0.05, 0.1) is 11.1 Å². The van der Waals surface area contributed by atoms with Crippen LogP contribution in [0.5, 0.6) is 11.5 Å². The zero-order valence-corrected chi connectivity index (χ0v) is 33.2. The zero-order chi connectivity index (χ0) is 39.0. The quantitative estimate of drug-likeness (QED) is 0.0638. The number of carbonyl (C=O) groups excluding carboxylic acids is 4. The van der Waals surface area contributed by atoms with Crippen LogP contribution < -0.4 is 9.47 Å². The zero-order valence-electron chi connectivity index (χ0n) is 33.2. The van der Waals surface area contributed by atoms with Crippen LogP contribution in [0.3, 0.4) is 0 Å². The maximum absolute atomic E-state index is 13.8. The fourth-order valence-corrected chi connectivity index (χ4v) is 9.53. The summed E-state index contributed by atoms with van der Waals surface area (Å²) in [5.74, 6) is 0.932. The summed E-state index contributed by atoms with van der Waals surface area (Å²) in [4.78, 5) is 54.8. The molecule has 0 N–H and O–H groups in total. The van der Waals surface area contributed by atoms with E-state index in [-0.39, 0.29) is 45.3 Å². The molecule has 0 saturated heterocycles. The Bertz CT molecular complexity index is 1900. The van der Waals surface area contributed by atoms with Crippen molar-refractivity contribution in [2.75, 3.05) is 0 Å². The molecule has 0 aromatic heterocycles. The number of hydrogen-bond donors (Lipinski definition) is 0. The third-order valence-corrected chi connectivity index (χ3v) is 12.7. The maximum Gasteiger partial charge on any atom is 0.343 e. The van der Waals surface area contributed by atoms with E-state index in [0.29, 0.717) is 23.0 Å². The van der Waals surface area contributed by atoms with Crippen LogP contribution >= 0.6 is 0 Å². The van der Waals surface area contributed by atoms with Gasteiger partial charge in [-0.25, -0.2) is 9.59 Å². The van der Waals surface area contributed by atoms with E-state index >= 15 is 0 Å². The molecule has 292 valence electrons. The summed E-state index contributed by atoms with van der Waals surface area (Å²) < 4.78 is 11.8. The van der Waals surface area contributed by atoms with Crippen molar-refractivity contribution >= 4 is 23.5 Å². The van der Waals surface area contributed by atoms with Gasteiger partial charge in [0.25, 0.3) is 0 Å². The normalized spacial score (nSPS) is 20.5. The van der Waals surface area contributed by atoms with Gasteiger partial charge in [-0.15, -0.1) is 0 Å². The maximum atomic E-state index is 13.8. The fourth-order valence-electron chi connectivity index (χ4n) is 9.53. The molecular weight excluding hydrogens is 697 g/mol. The number of unbranched alkanes of at least 4 members (excludes halogenated alkanes) is 4. The molecule has 0 atom stereocenters. The predicted molar refractivity (Wildman–Crippen MR) is 220 cm³/mol. The van der Waals surface area contributed by atoms with Crippen LogP contribution in [0.25, 0.3) is 0 Å². The number of fused-ring (bicyclic) bond motifs is 2. The van der Waals surface area contributed by atoms with Gasteiger partial charge in [-0.05, 0) is 135 Å². The topological polar surface area (TPSA) is 86.7 Å².